The standard InChI is InChI=1S/C23H26N2O6/c1-12(2)22-24-25-23(31-22)14-8-6-13(7-9-14)15-4-3-5-16(10-15)21-20(29)19(28)18(27)17(11-26)30-21/h3-10,12,17-21,26-29H,11H2,1-2H3/t17?,18-,19-,20-,21+/m0/s1. The van der Waals surface area contributed by atoms with Gasteiger partial charge in [0.1, 0.15) is 30.5 Å². The first-order chi connectivity index (χ1) is 14.9. The summed E-state index contributed by atoms with van der Waals surface area (Å²) >= 11 is 0. The van der Waals surface area contributed by atoms with Crippen molar-refractivity contribution in [3.05, 3.63) is 60.0 Å². The quantitative estimate of drug-likeness (QED) is 0.488. The van der Waals surface area contributed by atoms with Crippen LogP contribution in [0.3, 0.4) is 0 Å². The summed E-state index contributed by atoms with van der Waals surface area (Å²) < 4.78 is 11.4. The minimum atomic E-state index is -1.41. The maximum atomic E-state index is 10.4. The maximum absolute atomic E-state index is 10.4. The molecule has 0 radical (unpaired) electrons. The van der Waals surface area contributed by atoms with Crippen LogP contribution >= 0.6 is 0 Å². The van der Waals surface area contributed by atoms with Crippen molar-refractivity contribution in [2.75, 3.05) is 6.61 Å². The summed E-state index contributed by atoms with van der Waals surface area (Å²) in [5.74, 6) is 1.21. The number of aliphatic hydroxyl groups is 4. The van der Waals surface area contributed by atoms with Gasteiger partial charge >= 0.3 is 0 Å². The molecular weight excluding hydrogens is 400 g/mol. The van der Waals surface area contributed by atoms with Crippen LogP contribution in [-0.4, -0.2) is 61.6 Å². The molecule has 8 nitrogen and oxygen atoms in total. The average molecular weight is 426 g/mol. The molecule has 2 heterocycles. The monoisotopic (exact) mass is 426 g/mol. The molecule has 1 saturated heterocycles. The molecule has 0 bridgehead atoms. The molecule has 1 unspecified atom stereocenters. The van der Waals surface area contributed by atoms with Gasteiger partial charge in [-0.25, -0.2) is 0 Å². The number of aromatic nitrogens is 2. The highest BCUT2D eigenvalue weighted by Gasteiger charge is 2.43. The van der Waals surface area contributed by atoms with Crippen LogP contribution in [-0.2, 0) is 4.74 Å². The summed E-state index contributed by atoms with van der Waals surface area (Å²) in [5, 5.41) is 48.0. The summed E-state index contributed by atoms with van der Waals surface area (Å²) in [7, 11) is 0. The summed E-state index contributed by atoms with van der Waals surface area (Å²) in [6.07, 6.45) is -5.93. The van der Waals surface area contributed by atoms with Gasteiger partial charge in [-0.05, 0) is 34.9 Å². The van der Waals surface area contributed by atoms with Crippen molar-refractivity contribution in [2.45, 2.75) is 50.3 Å². The van der Waals surface area contributed by atoms with Crippen molar-refractivity contribution in [3.63, 3.8) is 0 Å². The van der Waals surface area contributed by atoms with Crippen molar-refractivity contribution in [2.24, 2.45) is 0 Å². The van der Waals surface area contributed by atoms with Gasteiger partial charge in [0.15, 0.2) is 0 Å². The fraction of sp³-hybridized carbons (Fsp3) is 0.391. The Morgan fingerprint density at radius 2 is 1.58 bits per heavy atom. The Bertz CT molecular complexity index is 1020. The van der Waals surface area contributed by atoms with Gasteiger partial charge in [-0.1, -0.05) is 44.2 Å². The van der Waals surface area contributed by atoms with Gasteiger partial charge in [-0.3, -0.25) is 0 Å². The number of hydrogen-bond acceptors (Lipinski definition) is 8. The van der Waals surface area contributed by atoms with Crippen LogP contribution in [0.1, 0.15) is 37.3 Å². The lowest BCUT2D eigenvalue weighted by atomic mass is 9.90. The lowest BCUT2D eigenvalue weighted by Gasteiger charge is -2.40. The third kappa shape index (κ3) is 4.26. The molecule has 1 fully saturated rings. The number of rotatable bonds is 5. The van der Waals surface area contributed by atoms with E-state index in [4.69, 9.17) is 9.15 Å². The fourth-order valence-corrected chi connectivity index (χ4v) is 3.66. The lowest BCUT2D eigenvalue weighted by Crippen LogP contribution is -2.55. The Balaban J connectivity index is 1.58. The predicted molar refractivity (Wildman–Crippen MR) is 112 cm³/mol. The highest BCUT2D eigenvalue weighted by Crippen LogP contribution is 2.34. The number of ether oxygens (including phenoxy) is 1. The van der Waals surface area contributed by atoms with Crippen LogP contribution < -0.4 is 0 Å². The van der Waals surface area contributed by atoms with E-state index in [0.29, 0.717) is 17.3 Å². The van der Waals surface area contributed by atoms with Gasteiger partial charge in [0, 0.05) is 11.5 Å². The molecule has 31 heavy (non-hydrogen) atoms. The number of nitrogens with zero attached hydrogens (tertiary/aromatic N) is 2. The zero-order valence-electron chi connectivity index (χ0n) is 17.3. The summed E-state index contributed by atoms with van der Waals surface area (Å²) in [6, 6.07) is 15.0. The Labute approximate surface area is 179 Å². The molecule has 0 aliphatic carbocycles. The Morgan fingerprint density at radius 3 is 2.23 bits per heavy atom. The van der Waals surface area contributed by atoms with Crippen molar-refractivity contribution < 1.29 is 29.6 Å². The third-order valence-electron chi connectivity index (χ3n) is 5.51. The molecule has 1 aliphatic rings. The van der Waals surface area contributed by atoms with E-state index >= 15 is 0 Å². The Morgan fingerprint density at radius 1 is 0.871 bits per heavy atom. The van der Waals surface area contributed by atoms with Crippen molar-refractivity contribution >= 4 is 0 Å². The first-order valence-corrected chi connectivity index (χ1v) is 10.2. The normalized spacial score (nSPS) is 26.4. The van der Waals surface area contributed by atoms with Gasteiger partial charge in [0.05, 0.1) is 6.61 Å². The summed E-state index contributed by atoms with van der Waals surface area (Å²) in [6.45, 7) is 3.52. The molecular formula is C23H26N2O6. The molecule has 1 aromatic heterocycles. The second-order valence-electron chi connectivity index (χ2n) is 8.05. The molecule has 4 rings (SSSR count). The lowest BCUT2D eigenvalue weighted by molar-refractivity contribution is -0.231. The molecule has 5 atom stereocenters. The first-order valence-electron chi connectivity index (χ1n) is 10.2. The number of aliphatic hydroxyl groups excluding tert-OH is 4. The first kappa shape index (κ1) is 21.6. The highest BCUT2D eigenvalue weighted by atomic mass is 16.5. The van der Waals surface area contributed by atoms with E-state index in [1.54, 1.807) is 6.07 Å². The van der Waals surface area contributed by atoms with Gasteiger partial charge < -0.3 is 29.6 Å². The minimum absolute atomic E-state index is 0.158. The SMILES string of the molecule is CC(C)c1nnc(-c2ccc(-c3cccc([C@H]4OC(CO)[C@H](O)[C@H](O)[C@@H]4O)c3)cc2)o1. The Hall–Kier alpha value is -2.62. The molecule has 0 amide bonds. The molecule has 0 saturated carbocycles. The van der Waals surface area contributed by atoms with Crippen molar-refractivity contribution in [1.29, 1.82) is 0 Å². The van der Waals surface area contributed by atoms with Crippen molar-refractivity contribution in [3.8, 4) is 22.6 Å². The van der Waals surface area contributed by atoms with E-state index in [9.17, 15) is 20.4 Å². The third-order valence-corrected chi connectivity index (χ3v) is 5.51. The molecule has 2 aromatic carbocycles. The zero-order valence-corrected chi connectivity index (χ0v) is 17.3. The van der Waals surface area contributed by atoms with Gasteiger partial charge in [0.25, 0.3) is 0 Å². The van der Waals surface area contributed by atoms with E-state index in [1.165, 1.54) is 0 Å². The van der Waals surface area contributed by atoms with Crippen LogP contribution in [0.4, 0.5) is 0 Å². The minimum Gasteiger partial charge on any atom is -0.420 e. The zero-order chi connectivity index (χ0) is 22.1. The van der Waals surface area contributed by atoms with Gasteiger partial charge in [-0.2, -0.15) is 0 Å². The van der Waals surface area contributed by atoms with Crippen molar-refractivity contribution in [1.82, 2.24) is 10.2 Å². The number of hydrogen-bond donors (Lipinski definition) is 4. The topological polar surface area (TPSA) is 129 Å². The average Bonchev–Trinajstić information content (AvgIpc) is 3.29. The number of benzene rings is 2. The fourth-order valence-electron chi connectivity index (χ4n) is 3.66. The van der Waals surface area contributed by atoms with Gasteiger partial charge in [0.2, 0.25) is 11.8 Å². The van der Waals surface area contributed by atoms with E-state index in [0.717, 1.165) is 16.7 Å². The molecule has 3 aromatic rings. The second kappa shape index (κ2) is 8.86. The molecule has 0 spiro atoms. The van der Waals surface area contributed by atoms with E-state index in [-0.39, 0.29) is 5.92 Å². The summed E-state index contributed by atoms with van der Waals surface area (Å²) in [4.78, 5) is 0. The van der Waals surface area contributed by atoms with Crippen LogP contribution in [0.25, 0.3) is 22.6 Å². The van der Waals surface area contributed by atoms with Crippen LogP contribution in [0.15, 0.2) is 52.9 Å². The van der Waals surface area contributed by atoms with E-state index in [1.807, 2.05) is 56.3 Å². The Kier molecular flexibility index (Phi) is 6.17. The van der Waals surface area contributed by atoms with Crippen LogP contribution in [0, 0.1) is 0 Å². The van der Waals surface area contributed by atoms with Crippen LogP contribution in [0.5, 0.6) is 0 Å². The van der Waals surface area contributed by atoms with Gasteiger partial charge in [-0.15, -0.1) is 10.2 Å². The smallest absolute Gasteiger partial charge is 0.247 e. The summed E-state index contributed by atoms with van der Waals surface area (Å²) in [5.41, 5.74) is 3.26. The van der Waals surface area contributed by atoms with Crippen LogP contribution in [0.2, 0.25) is 0 Å². The maximum Gasteiger partial charge on any atom is 0.247 e. The van der Waals surface area contributed by atoms with E-state index < -0.39 is 37.1 Å². The molecule has 4 N–H and O–H groups in total. The predicted octanol–water partition coefficient (Wildman–Crippen LogP) is 2.04. The second-order valence-corrected chi connectivity index (χ2v) is 8.05. The van der Waals surface area contributed by atoms with E-state index in [2.05, 4.69) is 10.2 Å². The molecule has 1 aliphatic heterocycles. The molecule has 164 valence electrons. The highest BCUT2D eigenvalue weighted by molar-refractivity contribution is 5.68. The molecule has 8 heteroatoms. The largest absolute Gasteiger partial charge is 0.420 e.